The normalized spacial score (nSPS) is 18.3. The molecule has 1 heterocycles. The van der Waals surface area contributed by atoms with E-state index in [1.54, 1.807) is 6.07 Å². The van der Waals surface area contributed by atoms with Crippen molar-refractivity contribution in [2.24, 2.45) is 5.92 Å². The third kappa shape index (κ3) is 2.76. The van der Waals surface area contributed by atoms with Gasteiger partial charge in [0.1, 0.15) is 0 Å². The number of carbonyl (C=O) groups is 2. The number of benzene rings is 1. The molecular formula is C13H13NO6. The Morgan fingerprint density at radius 3 is 2.30 bits per heavy atom. The lowest BCUT2D eigenvalue weighted by Crippen LogP contribution is -2.47. The fourth-order valence-electron chi connectivity index (χ4n) is 1.99. The van der Waals surface area contributed by atoms with E-state index in [0.29, 0.717) is 0 Å². The Morgan fingerprint density at radius 1 is 1.20 bits per heavy atom. The van der Waals surface area contributed by atoms with Gasteiger partial charge in [0.15, 0.2) is 5.92 Å². The first-order chi connectivity index (χ1) is 9.30. The largest absolute Gasteiger partial charge is 0.422 e. The van der Waals surface area contributed by atoms with E-state index >= 15 is 0 Å². The molecular weight excluding hydrogens is 266 g/mol. The number of nitro groups is 1. The molecule has 1 aliphatic heterocycles. The second kappa shape index (κ2) is 4.92. The number of cyclic esters (lactones) is 2. The van der Waals surface area contributed by atoms with Gasteiger partial charge in [-0.25, -0.2) is 0 Å². The zero-order chi connectivity index (χ0) is 14.9. The molecule has 1 saturated heterocycles. The highest BCUT2D eigenvalue weighted by Gasteiger charge is 2.43. The molecule has 0 unspecified atom stereocenters. The van der Waals surface area contributed by atoms with E-state index in [9.17, 15) is 19.7 Å². The molecule has 1 aromatic carbocycles. The number of carbonyl (C=O) groups excluding carboxylic acids is 2. The molecule has 1 aromatic rings. The summed E-state index contributed by atoms with van der Waals surface area (Å²) in [6.45, 7) is 2.90. The van der Waals surface area contributed by atoms with Crippen LogP contribution in [0, 0.1) is 16.0 Å². The lowest BCUT2D eigenvalue weighted by molar-refractivity contribution is -0.385. The maximum absolute atomic E-state index is 11.8. The summed E-state index contributed by atoms with van der Waals surface area (Å²) in [5, 5.41) is 10.9. The Labute approximate surface area is 114 Å². The van der Waals surface area contributed by atoms with Crippen molar-refractivity contribution in [1.82, 2.24) is 0 Å². The van der Waals surface area contributed by atoms with Crippen molar-refractivity contribution in [2.75, 3.05) is 0 Å². The Balaban J connectivity index is 2.25. The molecule has 0 N–H and O–H groups in total. The van der Waals surface area contributed by atoms with Crippen LogP contribution in [0.3, 0.4) is 0 Å². The molecule has 0 spiro atoms. The predicted octanol–water partition coefficient (Wildman–Crippen LogP) is 1.59. The second-order valence-electron chi connectivity index (χ2n) is 4.88. The number of para-hydroxylation sites is 1. The van der Waals surface area contributed by atoms with Crippen molar-refractivity contribution < 1.29 is 24.0 Å². The summed E-state index contributed by atoms with van der Waals surface area (Å²) in [4.78, 5) is 34.0. The van der Waals surface area contributed by atoms with Crippen LogP contribution < -0.4 is 0 Å². The van der Waals surface area contributed by atoms with E-state index in [-0.39, 0.29) is 17.7 Å². The molecule has 1 fully saturated rings. The number of nitrogens with zero attached hydrogens (tertiary/aromatic N) is 1. The van der Waals surface area contributed by atoms with Gasteiger partial charge in [-0.1, -0.05) is 18.2 Å². The van der Waals surface area contributed by atoms with E-state index in [1.165, 1.54) is 32.0 Å². The first kappa shape index (κ1) is 14.0. The summed E-state index contributed by atoms with van der Waals surface area (Å²) in [6.07, 6.45) is -0.120. The SMILES string of the molecule is CC1(C)OC(=O)C(Cc2ccccc2[N+](=O)[O-])C(=O)O1. The second-order valence-corrected chi connectivity index (χ2v) is 4.88. The highest BCUT2D eigenvalue weighted by atomic mass is 16.7. The minimum Gasteiger partial charge on any atom is -0.422 e. The first-order valence-corrected chi connectivity index (χ1v) is 5.98. The van der Waals surface area contributed by atoms with E-state index < -0.39 is 28.6 Å². The maximum Gasteiger partial charge on any atom is 0.323 e. The lowest BCUT2D eigenvalue weighted by atomic mass is 9.97. The molecule has 0 atom stereocenters. The standard InChI is InChI=1S/C13H13NO6/c1-13(2)19-11(15)9(12(16)20-13)7-8-5-3-4-6-10(8)14(17)18/h3-6,9H,7H2,1-2H3. The molecule has 106 valence electrons. The number of esters is 2. The monoisotopic (exact) mass is 279 g/mol. The molecule has 0 aliphatic carbocycles. The molecule has 7 nitrogen and oxygen atoms in total. The van der Waals surface area contributed by atoms with Gasteiger partial charge in [-0.2, -0.15) is 0 Å². The van der Waals surface area contributed by atoms with E-state index in [1.807, 2.05) is 0 Å². The Hall–Kier alpha value is -2.44. The zero-order valence-electron chi connectivity index (χ0n) is 11.0. The van der Waals surface area contributed by atoms with Crippen LogP contribution in [0.15, 0.2) is 24.3 Å². The summed E-state index contributed by atoms with van der Waals surface area (Å²) < 4.78 is 9.95. The van der Waals surface area contributed by atoms with Crippen LogP contribution in [-0.4, -0.2) is 22.6 Å². The number of rotatable bonds is 3. The van der Waals surface area contributed by atoms with Crippen molar-refractivity contribution in [1.29, 1.82) is 0 Å². The molecule has 7 heteroatoms. The third-order valence-corrected chi connectivity index (χ3v) is 2.87. The van der Waals surface area contributed by atoms with Crippen LogP contribution in [0.2, 0.25) is 0 Å². The topological polar surface area (TPSA) is 95.7 Å². The van der Waals surface area contributed by atoms with Crippen molar-refractivity contribution >= 4 is 17.6 Å². The van der Waals surface area contributed by atoms with Crippen LogP contribution in [0.5, 0.6) is 0 Å². The average Bonchev–Trinajstić information content (AvgIpc) is 2.33. The van der Waals surface area contributed by atoms with E-state index in [2.05, 4.69) is 0 Å². The van der Waals surface area contributed by atoms with Crippen LogP contribution in [-0.2, 0) is 25.5 Å². The minimum atomic E-state index is -1.30. The smallest absolute Gasteiger partial charge is 0.323 e. The number of hydrogen-bond donors (Lipinski definition) is 0. The minimum absolute atomic E-state index is 0.120. The van der Waals surface area contributed by atoms with Gasteiger partial charge < -0.3 is 9.47 Å². The molecule has 0 amide bonds. The quantitative estimate of drug-likeness (QED) is 0.361. The molecule has 0 aromatic heterocycles. The van der Waals surface area contributed by atoms with E-state index in [0.717, 1.165) is 0 Å². The highest BCUT2D eigenvalue weighted by molar-refractivity contribution is 5.97. The number of ether oxygens (including phenoxy) is 2. The first-order valence-electron chi connectivity index (χ1n) is 5.98. The van der Waals surface area contributed by atoms with Crippen LogP contribution in [0.1, 0.15) is 19.4 Å². The van der Waals surface area contributed by atoms with Crippen LogP contribution in [0.25, 0.3) is 0 Å². The molecule has 0 bridgehead atoms. The lowest BCUT2D eigenvalue weighted by Gasteiger charge is -2.32. The van der Waals surface area contributed by atoms with Gasteiger partial charge in [0.25, 0.3) is 11.5 Å². The van der Waals surface area contributed by atoms with Crippen molar-refractivity contribution in [2.45, 2.75) is 26.1 Å². The van der Waals surface area contributed by atoms with Gasteiger partial charge >= 0.3 is 11.9 Å². The highest BCUT2D eigenvalue weighted by Crippen LogP contribution is 2.28. The Kier molecular flexibility index (Phi) is 3.44. The maximum atomic E-state index is 11.8. The van der Waals surface area contributed by atoms with Crippen LogP contribution in [0.4, 0.5) is 5.69 Å². The van der Waals surface area contributed by atoms with Crippen molar-refractivity contribution in [3.63, 3.8) is 0 Å². The molecule has 0 radical (unpaired) electrons. The Morgan fingerprint density at radius 2 is 1.75 bits per heavy atom. The fourth-order valence-corrected chi connectivity index (χ4v) is 1.99. The predicted molar refractivity (Wildman–Crippen MR) is 66.6 cm³/mol. The van der Waals surface area contributed by atoms with Gasteiger partial charge in [0.2, 0.25) is 0 Å². The molecule has 1 aliphatic rings. The summed E-state index contributed by atoms with van der Waals surface area (Å²) in [6, 6.07) is 5.94. The molecule has 20 heavy (non-hydrogen) atoms. The number of nitro benzene ring substituents is 1. The van der Waals surface area contributed by atoms with Gasteiger partial charge in [-0.05, 0) is 0 Å². The van der Waals surface area contributed by atoms with Gasteiger partial charge in [0.05, 0.1) is 4.92 Å². The summed E-state index contributed by atoms with van der Waals surface area (Å²) in [5.41, 5.74) is 0.147. The molecule has 0 saturated carbocycles. The van der Waals surface area contributed by atoms with Gasteiger partial charge in [-0.15, -0.1) is 0 Å². The summed E-state index contributed by atoms with van der Waals surface area (Å²) in [7, 11) is 0. The van der Waals surface area contributed by atoms with E-state index in [4.69, 9.17) is 9.47 Å². The third-order valence-electron chi connectivity index (χ3n) is 2.87. The summed E-state index contributed by atoms with van der Waals surface area (Å²) in [5.74, 6) is -3.94. The fraction of sp³-hybridized carbons (Fsp3) is 0.385. The van der Waals surface area contributed by atoms with Crippen molar-refractivity contribution in [3.05, 3.63) is 39.9 Å². The Bertz CT molecular complexity index is 560. The van der Waals surface area contributed by atoms with Gasteiger partial charge in [0, 0.05) is 31.9 Å². The van der Waals surface area contributed by atoms with Crippen molar-refractivity contribution in [3.8, 4) is 0 Å². The zero-order valence-corrected chi connectivity index (χ0v) is 11.0. The number of hydrogen-bond acceptors (Lipinski definition) is 6. The van der Waals surface area contributed by atoms with Crippen LogP contribution >= 0.6 is 0 Å². The van der Waals surface area contributed by atoms with Gasteiger partial charge in [-0.3, -0.25) is 19.7 Å². The molecule has 2 rings (SSSR count). The summed E-state index contributed by atoms with van der Waals surface area (Å²) >= 11 is 0. The average molecular weight is 279 g/mol.